The van der Waals surface area contributed by atoms with Crippen molar-refractivity contribution in [2.45, 2.75) is 70.8 Å². The average molecular weight is 543 g/mol. The minimum Gasteiger partial charge on any atom is -0.434 e. The summed E-state index contributed by atoms with van der Waals surface area (Å²) in [6.45, 7) is 4.58. The number of fused-ring (bicyclic) bond motifs is 5. The van der Waals surface area contributed by atoms with Gasteiger partial charge in [-0.3, -0.25) is 13.8 Å². The number of hydrogen-bond donors (Lipinski definition) is 1. The SMILES string of the molecule is CCCOC(=O)O[C@]1(C(=O)COS(C)(=O)=O)CC[C@H]2[C@@H]3C[C@H](F)C4=CC(=O)C=C[C@]4(C)[C@H]3C(O)C[C@@]21C. The van der Waals surface area contributed by atoms with Crippen LogP contribution in [0.5, 0.6) is 0 Å². The highest BCUT2D eigenvalue weighted by Gasteiger charge is 2.71. The number of carbonyl (C=O) groups excluding carboxylic acids is 3. The van der Waals surface area contributed by atoms with Crippen LogP contribution in [0, 0.1) is 28.6 Å². The van der Waals surface area contributed by atoms with Crippen LogP contribution in [0.4, 0.5) is 9.18 Å². The molecule has 4 rings (SSSR count). The van der Waals surface area contributed by atoms with Crippen molar-refractivity contribution in [3.05, 3.63) is 23.8 Å². The van der Waals surface area contributed by atoms with Crippen molar-refractivity contribution in [3.63, 3.8) is 0 Å². The van der Waals surface area contributed by atoms with Crippen LogP contribution in [-0.4, -0.2) is 68.6 Å². The van der Waals surface area contributed by atoms with E-state index < -0.39 is 63.3 Å². The van der Waals surface area contributed by atoms with E-state index in [1.165, 1.54) is 12.2 Å². The lowest BCUT2D eigenvalue weighted by atomic mass is 9.46. The highest BCUT2D eigenvalue weighted by Crippen LogP contribution is 2.68. The van der Waals surface area contributed by atoms with Crippen LogP contribution in [0.15, 0.2) is 23.8 Å². The van der Waals surface area contributed by atoms with Crippen molar-refractivity contribution >= 4 is 27.8 Å². The minimum absolute atomic E-state index is 0.0477. The van der Waals surface area contributed by atoms with Gasteiger partial charge in [0.2, 0.25) is 5.78 Å². The molecule has 0 aliphatic heterocycles. The van der Waals surface area contributed by atoms with E-state index in [0.29, 0.717) is 18.4 Å². The van der Waals surface area contributed by atoms with Crippen molar-refractivity contribution in [1.82, 2.24) is 0 Å². The van der Waals surface area contributed by atoms with E-state index in [4.69, 9.17) is 13.7 Å². The summed E-state index contributed by atoms with van der Waals surface area (Å²) in [5.41, 5.74) is -3.49. The number of carbonyl (C=O) groups is 3. The zero-order valence-electron chi connectivity index (χ0n) is 21.6. The normalized spacial score (nSPS) is 40.8. The molecule has 8 atom stereocenters. The van der Waals surface area contributed by atoms with E-state index in [1.807, 2.05) is 6.92 Å². The standard InChI is InChI=1S/C26H35FO9S/c1-5-10-34-23(31)36-26(21(30)14-35-37(4,32)33)9-7-17-16-12-19(27)18-11-15(28)6-8-24(18,2)22(16)20(29)13-25(17,26)3/h6,8,11,16-17,19-20,22,29H,5,7,9-10,12-14H2,1-4H3/t16-,17-,19-,20?,22+,24-,25-,26-/m0/s1. The number of allylic oxidation sites excluding steroid dienone is 4. The molecule has 4 aliphatic rings. The van der Waals surface area contributed by atoms with Gasteiger partial charge in [-0.25, -0.2) is 9.18 Å². The number of halogens is 1. The third-order valence-electron chi connectivity index (χ3n) is 9.13. The minimum atomic E-state index is -3.96. The van der Waals surface area contributed by atoms with Crippen LogP contribution in [0.1, 0.15) is 52.9 Å². The number of hydrogen-bond acceptors (Lipinski definition) is 9. The smallest absolute Gasteiger partial charge is 0.434 e. The maximum absolute atomic E-state index is 15.6. The van der Waals surface area contributed by atoms with E-state index >= 15 is 4.39 Å². The van der Waals surface area contributed by atoms with Gasteiger partial charge in [0.15, 0.2) is 11.4 Å². The second-order valence-electron chi connectivity index (χ2n) is 11.3. The third-order valence-corrected chi connectivity index (χ3v) is 9.68. The molecule has 0 radical (unpaired) electrons. The molecule has 206 valence electrons. The monoisotopic (exact) mass is 542 g/mol. The first-order valence-electron chi connectivity index (χ1n) is 12.7. The van der Waals surface area contributed by atoms with Crippen molar-refractivity contribution in [1.29, 1.82) is 0 Å². The van der Waals surface area contributed by atoms with Crippen LogP contribution in [0.3, 0.4) is 0 Å². The molecule has 4 aliphatic carbocycles. The van der Waals surface area contributed by atoms with E-state index in [9.17, 15) is 27.9 Å². The Morgan fingerprint density at radius 3 is 2.62 bits per heavy atom. The van der Waals surface area contributed by atoms with Gasteiger partial charge >= 0.3 is 6.16 Å². The fourth-order valence-corrected chi connectivity index (χ4v) is 7.96. The summed E-state index contributed by atoms with van der Waals surface area (Å²) in [7, 11) is -3.96. The Hall–Kier alpha value is -2.11. The summed E-state index contributed by atoms with van der Waals surface area (Å²) in [5, 5.41) is 11.5. The van der Waals surface area contributed by atoms with Crippen LogP contribution in [0.2, 0.25) is 0 Å². The molecule has 0 amide bonds. The first-order valence-corrected chi connectivity index (χ1v) is 14.5. The second-order valence-corrected chi connectivity index (χ2v) is 12.9. The first kappa shape index (κ1) is 27.9. The van der Waals surface area contributed by atoms with E-state index in [1.54, 1.807) is 19.9 Å². The molecule has 3 saturated carbocycles. The van der Waals surface area contributed by atoms with E-state index in [0.717, 1.165) is 6.26 Å². The lowest BCUT2D eigenvalue weighted by Gasteiger charge is -2.60. The quantitative estimate of drug-likeness (QED) is 0.381. The van der Waals surface area contributed by atoms with Crippen LogP contribution >= 0.6 is 0 Å². The molecule has 0 aromatic carbocycles. The molecule has 0 heterocycles. The van der Waals surface area contributed by atoms with Gasteiger partial charge in [0, 0.05) is 16.7 Å². The molecule has 3 fully saturated rings. The maximum Gasteiger partial charge on any atom is 0.509 e. The van der Waals surface area contributed by atoms with Crippen LogP contribution in [0.25, 0.3) is 0 Å². The molecule has 11 heteroatoms. The van der Waals surface area contributed by atoms with Gasteiger partial charge in [-0.2, -0.15) is 8.42 Å². The average Bonchev–Trinajstić information content (AvgIpc) is 3.09. The number of ketones is 2. The Morgan fingerprint density at radius 1 is 1.27 bits per heavy atom. The van der Waals surface area contributed by atoms with Crippen molar-refractivity contribution in [3.8, 4) is 0 Å². The molecule has 37 heavy (non-hydrogen) atoms. The zero-order chi connectivity index (χ0) is 27.4. The summed E-state index contributed by atoms with van der Waals surface area (Å²) < 4.78 is 54.5. The summed E-state index contributed by atoms with van der Waals surface area (Å²) in [6, 6.07) is 0. The first-order chi connectivity index (χ1) is 17.2. The maximum atomic E-state index is 15.6. The lowest BCUT2D eigenvalue weighted by molar-refractivity contribution is -0.185. The van der Waals surface area contributed by atoms with Gasteiger partial charge < -0.3 is 14.6 Å². The van der Waals surface area contributed by atoms with Crippen molar-refractivity contribution < 1.29 is 46.0 Å². The molecule has 1 N–H and O–H groups in total. The predicted octanol–water partition coefficient (Wildman–Crippen LogP) is 3.06. The number of Topliss-reactive ketones (excluding diaryl/α,β-unsaturated/α-hetero) is 1. The molecule has 9 nitrogen and oxygen atoms in total. The van der Waals surface area contributed by atoms with Crippen LogP contribution < -0.4 is 0 Å². The molecule has 0 aromatic heterocycles. The second kappa shape index (κ2) is 9.57. The fraction of sp³-hybridized carbons (Fsp3) is 0.731. The van der Waals surface area contributed by atoms with Gasteiger partial charge in [0.25, 0.3) is 10.1 Å². The predicted molar refractivity (Wildman–Crippen MR) is 130 cm³/mol. The lowest BCUT2D eigenvalue weighted by Crippen LogP contribution is -2.64. The van der Waals surface area contributed by atoms with Crippen LogP contribution in [-0.2, 0) is 33.4 Å². The summed E-state index contributed by atoms with van der Waals surface area (Å²) in [6.07, 6.45) is 2.79. The Bertz CT molecular complexity index is 1150. The Kier molecular flexibility index (Phi) is 7.22. The summed E-state index contributed by atoms with van der Waals surface area (Å²) in [4.78, 5) is 38.3. The van der Waals surface area contributed by atoms with Gasteiger partial charge in [-0.05, 0) is 61.7 Å². The zero-order valence-corrected chi connectivity index (χ0v) is 22.4. The number of aliphatic hydroxyl groups excluding tert-OH is 1. The molecule has 0 bridgehead atoms. The van der Waals surface area contributed by atoms with E-state index in [2.05, 4.69) is 0 Å². The largest absolute Gasteiger partial charge is 0.509 e. The Morgan fingerprint density at radius 2 is 1.97 bits per heavy atom. The molecule has 0 aromatic rings. The van der Waals surface area contributed by atoms with Crippen molar-refractivity contribution in [2.24, 2.45) is 28.6 Å². The van der Waals surface area contributed by atoms with Gasteiger partial charge in [-0.15, -0.1) is 0 Å². The van der Waals surface area contributed by atoms with E-state index in [-0.39, 0.29) is 43.5 Å². The van der Waals surface area contributed by atoms with Crippen molar-refractivity contribution in [2.75, 3.05) is 19.5 Å². The van der Waals surface area contributed by atoms with Gasteiger partial charge in [-0.1, -0.05) is 26.8 Å². The number of ether oxygens (including phenoxy) is 2. The number of aliphatic hydroxyl groups is 1. The number of rotatable bonds is 7. The molecule has 1 unspecified atom stereocenters. The summed E-state index contributed by atoms with van der Waals surface area (Å²) in [5.74, 6) is -2.17. The highest BCUT2D eigenvalue weighted by atomic mass is 32.2. The molecular weight excluding hydrogens is 507 g/mol. The fourth-order valence-electron chi connectivity index (χ4n) is 7.64. The molecule has 0 spiro atoms. The third kappa shape index (κ3) is 4.57. The van der Waals surface area contributed by atoms with Gasteiger partial charge in [0.05, 0.1) is 19.0 Å². The Labute approximate surface area is 216 Å². The highest BCUT2D eigenvalue weighted by molar-refractivity contribution is 7.86. The number of alkyl halides is 1. The summed E-state index contributed by atoms with van der Waals surface area (Å²) >= 11 is 0. The molecular formula is C26H35FO9S. The van der Waals surface area contributed by atoms with Gasteiger partial charge in [0.1, 0.15) is 12.8 Å². The topological polar surface area (TPSA) is 133 Å². The Balaban J connectivity index is 1.74. The molecule has 0 saturated heterocycles.